The van der Waals surface area contributed by atoms with Gasteiger partial charge in [0.25, 0.3) is 11.4 Å². The Balaban J connectivity index is 1.33. The molecule has 0 atom stereocenters. The topological polar surface area (TPSA) is 217 Å². The van der Waals surface area contributed by atoms with Crippen LogP contribution in [0.3, 0.4) is 0 Å². The van der Waals surface area contributed by atoms with Gasteiger partial charge in [0.1, 0.15) is 5.75 Å². The number of nitro groups is 3. The zero-order valence-corrected chi connectivity index (χ0v) is 22.9. The Bertz CT molecular complexity index is 1730. The molecule has 44 heavy (non-hydrogen) atoms. The minimum Gasteiger partial charge on any atom is -0.450 e. The van der Waals surface area contributed by atoms with Gasteiger partial charge >= 0.3 is 5.69 Å². The molecule has 4 aromatic rings. The second kappa shape index (κ2) is 13.1. The van der Waals surface area contributed by atoms with E-state index < -0.39 is 26.1 Å². The van der Waals surface area contributed by atoms with Crippen molar-refractivity contribution in [1.29, 1.82) is 0 Å². The Labute approximate surface area is 248 Å². The molecule has 5 rings (SSSR count). The highest BCUT2D eigenvalue weighted by molar-refractivity contribution is 5.80. The summed E-state index contributed by atoms with van der Waals surface area (Å²) in [6, 6.07) is 15.5. The summed E-state index contributed by atoms with van der Waals surface area (Å²) in [7, 11) is 0. The second-order valence-electron chi connectivity index (χ2n) is 9.47. The Morgan fingerprint density at radius 3 is 2.20 bits per heavy atom. The van der Waals surface area contributed by atoms with Gasteiger partial charge in [-0.3, -0.25) is 30.3 Å². The maximum Gasteiger partial charge on any atom is 0.318 e. The van der Waals surface area contributed by atoms with Gasteiger partial charge in [0.05, 0.1) is 27.1 Å². The van der Waals surface area contributed by atoms with E-state index in [1.807, 2.05) is 4.90 Å². The molecule has 0 bridgehead atoms. The lowest BCUT2D eigenvalue weighted by Crippen LogP contribution is -2.31. The van der Waals surface area contributed by atoms with E-state index in [9.17, 15) is 30.3 Å². The molecule has 1 aromatic heterocycles. The van der Waals surface area contributed by atoms with Crippen molar-refractivity contribution in [3.05, 3.63) is 103 Å². The number of piperidine rings is 1. The van der Waals surface area contributed by atoms with Gasteiger partial charge in [-0.25, -0.2) is 5.43 Å². The van der Waals surface area contributed by atoms with E-state index >= 15 is 0 Å². The highest BCUT2D eigenvalue weighted by atomic mass is 16.6. The first kappa shape index (κ1) is 29.2. The summed E-state index contributed by atoms with van der Waals surface area (Å²) in [5.74, 6) is 0.897. The molecule has 1 fully saturated rings. The molecule has 1 aliphatic rings. The zero-order chi connectivity index (χ0) is 31.1. The van der Waals surface area contributed by atoms with Crippen LogP contribution in [0.4, 0.5) is 40.6 Å². The maximum atomic E-state index is 11.4. The minimum atomic E-state index is -0.755. The number of nitrogens with one attached hydrogen (secondary N) is 2. The molecule has 0 spiro atoms. The number of nitro benzene ring substituents is 3. The van der Waals surface area contributed by atoms with Crippen LogP contribution in [-0.4, -0.2) is 49.0 Å². The number of hydrazone groups is 1. The van der Waals surface area contributed by atoms with Crippen molar-refractivity contribution in [2.24, 2.45) is 5.10 Å². The van der Waals surface area contributed by atoms with Gasteiger partial charge in [0, 0.05) is 37.0 Å². The number of hydrogen-bond acceptors (Lipinski definition) is 14. The summed E-state index contributed by atoms with van der Waals surface area (Å²) >= 11 is 0. The third-order valence-corrected chi connectivity index (χ3v) is 6.41. The highest BCUT2D eigenvalue weighted by Crippen LogP contribution is 2.34. The van der Waals surface area contributed by atoms with Gasteiger partial charge in [0.15, 0.2) is 0 Å². The number of ether oxygens (including phenoxy) is 1. The van der Waals surface area contributed by atoms with Gasteiger partial charge in [-0.05, 0) is 55.2 Å². The third kappa shape index (κ3) is 7.32. The fourth-order valence-electron chi connectivity index (χ4n) is 4.30. The molecule has 0 amide bonds. The Kier molecular flexibility index (Phi) is 8.74. The number of non-ortho nitro benzene ring substituents is 2. The van der Waals surface area contributed by atoms with E-state index in [0.29, 0.717) is 17.2 Å². The van der Waals surface area contributed by atoms with Gasteiger partial charge in [-0.15, -0.1) is 0 Å². The largest absolute Gasteiger partial charge is 0.450 e. The fraction of sp³-hybridized carbons (Fsp3) is 0.185. The first-order chi connectivity index (χ1) is 21.2. The van der Waals surface area contributed by atoms with E-state index in [0.717, 1.165) is 44.5 Å². The first-order valence-corrected chi connectivity index (χ1v) is 13.3. The predicted molar refractivity (Wildman–Crippen MR) is 160 cm³/mol. The summed E-state index contributed by atoms with van der Waals surface area (Å²) in [6.07, 6.45) is 4.58. The first-order valence-electron chi connectivity index (χ1n) is 13.3. The highest BCUT2D eigenvalue weighted by Gasteiger charge is 2.21. The van der Waals surface area contributed by atoms with Crippen LogP contribution < -0.4 is 20.4 Å². The molecule has 0 unspecified atom stereocenters. The standard InChI is InChI=1S/C27H24N10O7/c38-35(39)20-9-7-19(8-10-20)29-25-30-26(32-27(31-25)34-13-2-1-3-14-34)33-28-17-18-5-4-6-22(15-18)44-24-12-11-21(36(40)41)16-23(24)37(42)43/h4-12,15-17H,1-3,13-14H2,(H2,29,30,31,32,33). The molecule has 3 aromatic carbocycles. The zero-order valence-electron chi connectivity index (χ0n) is 22.9. The van der Waals surface area contributed by atoms with Gasteiger partial charge in [0.2, 0.25) is 23.6 Å². The van der Waals surface area contributed by atoms with Crippen LogP contribution in [0.5, 0.6) is 11.5 Å². The smallest absolute Gasteiger partial charge is 0.318 e. The molecule has 0 radical (unpaired) electrons. The number of aromatic nitrogens is 3. The molecule has 1 aliphatic heterocycles. The van der Waals surface area contributed by atoms with Crippen LogP contribution in [0, 0.1) is 30.3 Å². The SMILES string of the molecule is O=[N+]([O-])c1ccc(Nc2nc(NN=Cc3cccc(Oc4ccc([N+](=O)[O-])cc4[N+](=O)[O-])c3)nc(N3CCCCC3)n2)cc1. The summed E-state index contributed by atoms with van der Waals surface area (Å²) in [5, 5.41) is 40.7. The molecule has 2 N–H and O–H groups in total. The van der Waals surface area contributed by atoms with E-state index in [4.69, 9.17) is 4.74 Å². The lowest BCUT2D eigenvalue weighted by atomic mass is 10.1. The quantitative estimate of drug-likeness (QED) is 0.122. The van der Waals surface area contributed by atoms with Crippen LogP contribution in [0.2, 0.25) is 0 Å². The molecule has 1 saturated heterocycles. The number of anilines is 4. The van der Waals surface area contributed by atoms with Crippen LogP contribution in [0.1, 0.15) is 24.8 Å². The monoisotopic (exact) mass is 600 g/mol. The lowest BCUT2D eigenvalue weighted by Gasteiger charge is -2.26. The summed E-state index contributed by atoms with van der Waals surface area (Å²) < 4.78 is 5.66. The molecule has 0 aliphatic carbocycles. The van der Waals surface area contributed by atoms with Crippen molar-refractivity contribution in [2.75, 3.05) is 28.7 Å². The third-order valence-electron chi connectivity index (χ3n) is 6.41. The van der Waals surface area contributed by atoms with Crippen LogP contribution in [-0.2, 0) is 0 Å². The van der Waals surface area contributed by atoms with Crippen molar-refractivity contribution >= 4 is 46.8 Å². The normalized spacial score (nSPS) is 13.0. The number of nitrogens with zero attached hydrogens (tertiary/aromatic N) is 8. The van der Waals surface area contributed by atoms with Crippen LogP contribution >= 0.6 is 0 Å². The second-order valence-corrected chi connectivity index (χ2v) is 9.47. The van der Waals surface area contributed by atoms with Crippen LogP contribution in [0.25, 0.3) is 0 Å². The van der Waals surface area contributed by atoms with E-state index in [-0.39, 0.29) is 29.1 Å². The fourth-order valence-corrected chi connectivity index (χ4v) is 4.30. The van der Waals surface area contributed by atoms with Crippen molar-refractivity contribution < 1.29 is 19.5 Å². The number of hydrogen-bond donors (Lipinski definition) is 2. The van der Waals surface area contributed by atoms with E-state index in [2.05, 4.69) is 30.8 Å². The molecule has 2 heterocycles. The van der Waals surface area contributed by atoms with Crippen LogP contribution in [0.15, 0.2) is 71.8 Å². The molecule has 224 valence electrons. The van der Waals surface area contributed by atoms with Crippen molar-refractivity contribution in [3.63, 3.8) is 0 Å². The molecule has 17 nitrogen and oxygen atoms in total. The van der Waals surface area contributed by atoms with E-state index in [1.165, 1.54) is 24.4 Å². The molecule has 17 heteroatoms. The number of benzene rings is 3. The van der Waals surface area contributed by atoms with Gasteiger partial charge in [-0.1, -0.05) is 12.1 Å². The van der Waals surface area contributed by atoms with Crippen molar-refractivity contribution in [2.45, 2.75) is 19.3 Å². The lowest BCUT2D eigenvalue weighted by molar-refractivity contribution is -0.394. The maximum absolute atomic E-state index is 11.4. The Morgan fingerprint density at radius 2 is 1.50 bits per heavy atom. The average molecular weight is 601 g/mol. The summed E-state index contributed by atoms with van der Waals surface area (Å²) in [4.78, 5) is 46.9. The van der Waals surface area contributed by atoms with Crippen molar-refractivity contribution in [1.82, 2.24) is 15.0 Å². The number of rotatable bonds is 11. The minimum absolute atomic E-state index is 0.0441. The molecular formula is C27H24N10O7. The van der Waals surface area contributed by atoms with Gasteiger partial charge in [-0.2, -0.15) is 20.1 Å². The summed E-state index contributed by atoms with van der Waals surface area (Å²) in [5.41, 5.74) is 2.89. The Hall–Kier alpha value is -6.26. The molecule has 0 saturated carbocycles. The molecular weight excluding hydrogens is 576 g/mol. The Morgan fingerprint density at radius 1 is 0.795 bits per heavy atom. The van der Waals surface area contributed by atoms with Crippen molar-refractivity contribution in [3.8, 4) is 11.5 Å². The van der Waals surface area contributed by atoms with E-state index in [1.54, 1.807) is 36.4 Å². The average Bonchev–Trinajstić information content (AvgIpc) is 3.02. The summed E-state index contributed by atoms with van der Waals surface area (Å²) in [6.45, 7) is 1.56. The predicted octanol–water partition coefficient (Wildman–Crippen LogP) is 5.57. The van der Waals surface area contributed by atoms with Gasteiger partial charge < -0.3 is 15.0 Å².